The van der Waals surface area contributed by atoms with E-state index in [4.69, 9.17) is 23.2 Å². The summed E-state index contributed by atoms with van der Waals surface area (Å²) in [7, 11) is 0. The number of rotatable bonds is 10. The number of benzene rings is 2. The lowest BCUT2D eigenvalue weighted by Gasteiger charge is -2.17. The van der Waals surface area contributed by atoms with Crippen LogP contribution in [-0.4, -0.2) is 16.6 Å². The number of Topliss-reactive ketones (excluding diaryl/α,β-unsaturated/α-hetero) is 1. The van der Waals surface area contributed by atoms with Gasteiger partial charge in [-0.15, -0.1) is 0 Å². The van der Waals surface area contributed by atoms with Gasteiger partial charge in [0.25, 0.3) is 0 Å². The predicted octanol–water partition coefficient (Wildman–Crippen LogP) is 8.65. The minimum atomic E-state index is -0.158. The molecule has 0 amide bonds. The van der Waals surface area contributed by atoms with E-state index in [2.05, 4.69) is 18.0 Å². The van der Waals surface area contributed by atoms with Crippen molar-refractivity contribution in [2.75, 3.05) is 0 Å². The molecule has 1 aliphatic carbocycles. The van der Waals surface area contributed by atoms with Crippen molar-refractivity contribution in [3.8, 4) is 5.75 Å². The first-order valence-electron chi connectivity index (χ1n) is 11.5. The molecule has 0 heterocycles. The highest BCUT2D eigenvalue weighted by Crippen LogP contribution is 2.36. The number of ketones is 1. The fraction of sp³-hybridized carbons (Fsp3) is 0.407. The molecule has 0 radical (unpaired) electrons. The van der Waals surface area contributed by atoms with Crippen molar-refractivity contribution in [2.24, 2.45) is 4.99 Å². The topological polar surface area (TPSA) is 49.7 Å². The highest BCUT2D eigenvalue weighted by atomic mass is 35.5. The Morgan fingerprint density at radius 2 is 1.50 bits per heavy atom. The summed E-state index contributed by atoms with van der Waals surface area (Å²) in [6.07, 6.45) is 13.1. The van der Waals surface area contributed by atoms with Gasteiger partial charge in [-0.1, -0.05) is 87.2 Å². The van der Waals surface area contributed by atoms with Gasteiger partial charge < -0.3 is 5.11 Å². The van der Waals surface area contributed by atoms with Gasteiger partial charge in [-0.2, -0.15) is 0 Å². The van der Waals surface area contributed by atoms with E-state index in [0.717, 1.165) is 18.4 Å². The standard InChI is InChI=1S/C27H31Cl2NO2/c1-3-4-5-6-7-8-9-10-11-19-12-13-21-22(15-19)26(31)18(2)14-25(21)30-20-16-23(28)27(32)24(29)17-20/h12-17,32H,3-11H2,1-2H3. The number of aliphatic imine (C=N–C) groups is 1. The molecule has 0 aliphatic heterocycles. The molecule has 2 aromatic carbocycles. The number of phenols is 1. The van der Waals surface area contributed by atoms with E-state index in [9.17, 15) is 9.90 Å². The van der Waals surface area contributed by atoms with Gasteiger partial charge in [0.1, 0.15) is 0 Å². The average molecular weight is 472 g/mol. The number of hydrogen-bond donors (Lipinski definition) is 1. The number of fused-ring (bicyclic) bond motifs is 1. The molecule has 1 aliphatic rings. The Balaban J connectivity index is 1.72. The molecule has 1 N–H and O–H groups in total. The van der Waals surface area contributed by atoms with E-state index < -0.39 is 0 Å². The van der Waals surface area contributed by atoms with Crippen LogP contribution in [0.15, 0.2) is 47.0 Å². The molecule has 0 fully saturated rings. The van der Waals surface area contributed by atoms with Crippen molar-refractivity contribution < 1.29 is 9.90 Å². The number of halogens is 2. The zero-order chi connectivity index (χ0) is 23.1. The number of unbranched alkanes of at least 4 members (excludes halogenated alkanes) is 7. The van der Waals surface area contributed by atoms with Crippen molar-refractivity contribution in [2.45, 2.75) is 71.6 Å². The van der Waals surface area contributed by atoms with Gasteiger partial charge in [0, 0.05) is 11.1 Å². The highest BCUT2D eigenvalue weighted by molar-refractivity contribution is 6.37. The van der Waals surface area contributed by atoms with Crippen LogP contribution >= 0.6 is 23.2 Å². The molecule has 0 spiro atoms. The summed E-state index contributed by atoms with van der Waals surface area (Å²) in [6.45, 7) is 4.05. The Labute approximate surface area is 201 Å². The first kappa shape index (κ1) is 24.5. The second-order valence-electron chi connectivity index (χ2n) is 8.52. The Hall–Kier alpha value is -2.10. The number of hydrogen-bond acceptors (Lipinski definition) is 3. The SMILES string of the molecule is CCCCCCCCCCc1ccc2c(c1)C(=O)C(C)=CC2=Nc1cc(Cl)c(O)c(Cl)c1. The molecule has 3 rings (SSSR count). The third kappa shape index (κ3) is 6.24. The fourth-order valence-corrected chi connectivity index (χ4v) is 4.51. The highest BCUT2D eigenvalue weighted by Gasteiger charge is 2.22. The molecule has 0 saturated carbocycles. The molecule has 2 aromatic rings. The lowest BCUT2D eigenvalue weighted by molar-refractivity contribution is 0.103. The number of phenolic OH excluding ortho intramolecular Hbond substituents is 1. The molecule has 170 valence electrons. The second kappa shape index (κ2) is 11.7. The summed E-state index contributed by atoms with van der Waals surface area (Å²) < 4.78 is 0. The summed E-state index contributed by atoms with van der Waals surface area (Å²) in [6, 6.07) is 9.21. The maximum Gasteiger partial charge on any atom is 0.189 e. The summed E-state index contributed by atoms with van der Waals surface area (Å²) in [5.74, 6) is -0.118. The quantitative estimate of drug-likeness (QED) is 0.352. The van der Waals surface area contributed by atoms with Crippen LogP contribution in [0.1, 0.15) is 86.7 Å². The molecule has 0 atom stereocenters. The van der Waals surface area contributed by atoms with Gasteiger partial charge in [0.15, 0.2) is 11.5 Å². The molecule has 32 heavy (non-hydrogen) atoms. The summed E-state index contributed by atoms with van der Waals surface area (Å²) >= 11 is 12.1. The maximum atomic E-state index is 12.8. The van der Waals surface area contributed by atoms with Crippen LogP contribution in [-0.2, 0) is 6.42 Å². The normalized spacial score (nSPS) is 14.6. The first-order valence-corrected chi connectivity index (χ1v) is 12.3. The van der Waals surface area contributed by atoms with Crippen LogP contribution in [0.25, 0.3) is 0 Å². The van der Waals surface area contributed by atoms with E-state index in [-0.39, 0.29) is 21.6 Å². The Morgan fingerprint density at radius 1 is 0.875 bits per heavy atom. The van der Waals surface area contributed by atoms with E-state index in [1.165, 1.54) is 50.5 Å². The van der Waals surface area contributed by atoms with E-state index >= 15 is 0 Å². The van der Waals surface area contributed by atoms with Crippen LogP contribution < -0.4 is 0 Å². The number of aryl methyl sites for hydroxylation is 1. The average Bonchev–Trinajstić information content (AvgIpc) is 2.77. The van der Waals surface area contributed by atoms with Crippen molar-refractivity contribution in [3.63, 3.8) is 0 Å². The van der Waals surface area contributed by atoms with Gasteiger partial charge in [-0.25, -0.2) is 4.99 Å². The first-order chi connectivity index (χ1) is 15.4. The van der Waals surface area contributed by atoms with Crippen molar-refractivity contribution in [3.05, 3.63) is 68.7 Å². The molecule has 0 aromatic heterocycles. The lowest BCUT2D eigenvalue weighted by atomic mass is 9.87. The number of allylic oxidation sites excluding steroid dienone is 2. The van der Waals surface area contributed by atoms with E-state index in [1.54, 1.807) is 18.2 Å². The summed E-state index contributed by atoms with van der Waals surface area (Å²) in [4.78, 5) is 17.5. The third-order valence-corrected chi connectivity index (χ3v) is 6.46. The van der Waals surface area contributed by atoms with Crippen LogP contribution in [0.5, 0.6) is 5.75 Å². The van der Waals surface area contributed by atoms with Crippen molar-refractivity contribution in [1.29, 1.82) is 0 Å². The third-order valence-electron chi connectivity index (χ3n) is 5.89. The lowest BCUT2D eigenvalue weighted by Crippen LogP contribution is -2.16. The van der Waals surface area contributed by atoms with E-state index in [1.807, 2.05) is 19.1 Å². The number of carbonyl (C=O) groups is 1. The molecular formula is C27H31Cl2NO2. The Bertz CT molecular complexity index is 1020. The van der Waals surface area contributed by atoms with Crippen molar-refractivity contribution >= 4 is 40.4 Å². The van der Waals surface area contributed by atoms with Gasteiger partial charge in [-0.05, 0) is 55.2 Å². The minimum absolute atomic E-state index is 0.0403. The van der Waals surface area contributed by atoms with Crippen molar-refractivity contribution in [1.82, 2.24) is 0 Å². The monoisotopic (exact) mass is 471 g/mol. The van der Waals surface area contributed by atoms with Gasteiger partial charge in [-0.3, -0.25) is 4.79 Å². The molecule has 0 bridgehead atoms. The molecular weight excluding hydrogens is 441 g/mol. The van der Waals surface area contributed by atoms with Gasteiger partial charge >= 0.3 is 0 Å². The maximum absolute atomic E-state index is 12.8. The molecule has 0 saturated heterocycles. The summed E-state index contributed by atoms with van der Waals surface area (Å²) in [5.41, 5.74) is 4.55. The predicted molar refractivity (Wildman–Crippen MR) is 135 cm³/mol. The Morgan fingerprint density at radius 3 is 2.16 bits per heavy atom. The van der Waals surface area contributed by atoms with Crippen LogP contribution in [0.4, 0.5) is 5.69 Å². The fourth-order valence-electron chi connectivity index (χ4n) is 4.03. The summed E-state index contributed by atoms with van der Waals surface area (Å²) in [5, 5.41) is 10.1. The molecule has 5 heteroatoms. The largest absolute Gasteiger partial charge is 0.505 e. The van der Waals surface area contributed by atoms with Gasteiger partial charge in [0.05, 0.1) is 21.4 Å². The number of carbonyl (C=O) groups excluding carboxylic acids is 1. The zero-order valence-corrected chi connectivity index (χ0v) is 20.4. The second-order valence-corrected chi connectivity index (χ2v) is 9.33. The van der Waals surface area contributed by atoms with Crippen LogP contribution in [0, 0.1) is 0 Å². The smallest absolute Gasteiger partial charge is 0.189 e. The van der Waals surface area contributed by atoms with Crippen LogP contribution in [0.3, 0.4) is 0 Å². The number of aromatic hydroxyl groups is 1. The van der Waals surface area contributed by atoms with Gasteiger partial charge in [0.2, 0.25) is 0 Å². The zero-order valence-electron chi connectivity index (χ0n) is 18.9. The molecule has 3 nitrogen and oxygen atoms in total. The number of nitrogens with zero attached hydrogens (tertiary/aromatic N) is 1. The molecule has 0 unspecified atom stereocenters. The minimum Gasteiger partial charge on any atom is -0.505 e. The van der Waals surface area contributed by atoms with Crippen LogP contribution in [0.2, 0.25) is 10.0 Å². The Kier molecular flexibility index (Phi) is 8.95. The van der Waals surface area contributed by atoms with E-state index in [0.29, 0.717) is 22.5 Å².